The first-order chi connectivity index (χ1) is 12.1. The van der Waals surface area contributed by atoms with Gasteiger partial charge in [-0.25, -0.2) is 13.4 Å². The summed E-state index contributed by atoms with van der Waals surface area (Å²) in [5.74, 6) is 1.54. The topological polar surface area (TPSA) is 71.5 Å². The quantitative estimate of drug-likeness (QED) is 0.855. The van der Waals surface area contributed by atoms with E-state index in [2.05, 4.69) is 14.6 Å². The number of pyridine rings is 1. The molecule has 2 aromatic rings. The first-order valence-electron chi connectivity index (χ1n) is 8.55. The molecule has 3 rings (SSSR count). The summed E-state index contributed by atoms with van der Waals surface area (Å²) in [5, 5.41) is 0. The molecular weight excluding hydrogens is 338 g/mol. The SMILES string of the molecule is CCOc1ccc(S(=O)(=O)Nc2ccc(N3CCCCC3)nc2)cc1. The molecule has 0 bridgehead atoms. The zero-order valence-corrected chi connectivity index (χ0v) is 15.1. The third kappa shape index (κ3) is 4.42. The lowest BCUT2D eigenvalue weighted by atomic mass is 10.1. The molecule has 0 spiro atoms. The zero-order valence-electron chi connectivity index (χ0n) is 14.3. The zero-order chi connectivity index (χ0) is 17.7. The molecule has 1 aliphatic rings. The maximum Gasteiger partial charge on any atom is 0.261 e. The van der Waals surface area contributed by atoms with E-state index in [1.54, 1.807) is 24.4 Å². The van der Waals surface area contributed by atoms with E-state index in [-0.39, 0.29) is 4.90 Å². The second kappa shape index (κ2) is 7.74. The Kier molecular flexibility index (Phi) is 5.43. The van der Waals surface area contributed by atoms with Crippen molar-refractivity contribution in [3.05, 3.63) is 42.6 Å². The molecule has 25 heavy (non-hydrogen) atoms. The van der Waals surface area contributed by atoms with Crippen molar-refractivity contribution in [3.8, 4) is 5.75 Å². The van der Waals surface area contributed by atoms with E-state index in [1.165, 1.54) is 31.4 Å². The van der Waals surface area contributed by atoms with Gasteiger partial charge in [0.15, 0.2) is 0 Å². The number of aromatic nitrogens is 1. The molecule has 0 saturated carbocycles. The lowest BCUT2D eigenvalue weighted by Gasteiger charge is -2.27. The molecule has 0 amide bonds. The number of sulfonamides is 1. The summed E-state index contributed by atoms with van der Waals surface area (Å²) in [4.78, 5) is 6.82. The smallest absolute Gasteiger partial charge is 0.261 e. The van der Waals surface area contributed by atoms with Crippen molar-refractivity contribution in [1.82, 2.24) is 4.98 Å². The molecule has 6 nitrogen and oxygen atoms in total. The summed E-state index contributed by atoms with van der Waals surface area (Å²) in [6, 6.07) is 9.97. The summed E-state index contributed by atoms with van der Waals surface area (Å²) in [6.07, 6.45) is 5.17. The van der Waals surface area contributed by atoms with E-state index in [0.29, 0.717) is 18.0 Å². The molecule has 7 heteroatoms. The van der Waals surface area contributed by atoms with Crippen molar-refractivity contribution >= 4 is 21.5 Å². The van der Waals surface area contributed by atoms with E-state index >= 15 is 0 Å². The first-order valence-corrected chi connectivity index (χ1v) is 10.0. The molecule has 1 aromatic heterocycles. The summed E-state index contributed by atoms with van der Waals surface area (Å²) >= 11 is 0. The summed E-state index contributed by atoms with van der Waals surface area (Å²) in [7, 11) is -3.64. The molecule has 0 aliphatic carbocycles. The highest BCUT2D eigenvalue weighted by atomic mass is 32.2. The van der Waals surface area contributed by atoms with Gasteiger partial charge in [-0.1, -0.05) is 0 Å². The fraction of sp³-hybridized carbons (Fsp3) is 0.389. The molecule has 2 heterocycles. The molecule has 0 unspecified atom stereocenters. The largest absolute Gasteiger partial charge is 0.494 e. The summed E-state index contributed by atoms with van der Waals surface area (Å²) < 4.78 is 32.8. The van der Waals surface area contributed by atoms with Gasteiger partial charge < -0.3 is 9.64 Å². The normalized spacial score (nSPS) is 15.0. The van der Waals surface area contributed by atoms with E-state index in [1.807, 2.05) is 13.0 Å². The average molecular weight is 361 g/mol. The Balaban J connectivity index is 1.69. The predicted octanol–water partition coefficient (Wildman–Crippen LogP) is 3.27. The second-order valence-corrected chi connectivity index (χ2v) is 7.65. The summed E-state index contributed by atoms with van der Waals surface area (Å²) in [5.41, 5.74) is 0.453. The number of ether oxygens (including phenoxy) is 1. The molecule has 1 aliphatic heterocycles. The number of benzene rings is 1. The van der Waals surface area contributed by atoms with Gasteiger partial charge in [0.25, 0.3) is 10.0 Å². The first kappa shape index (κ1) is 17.5. The van der Waals surface area contributed by atoms with E-state index in [9.17, 15) is 8.42 Å². The van der Waals surface area contributed by atoms with Crippen molar-refractivity contribution < 1.29 is 13.2 Å². The van der Waals surface area contributed by atoms with Crippen molar-refractivity contribution in [2.24, 2.45) is 0 Å². The van der Waals surface area contributed by atoms with Gasteiger partial charge in [0, 0.05) is 13.1 Å². The van der Waals surface area contributed by atoms with Crippen LogP contribution in [0.3, 0.4) is 0 Å². The summed E-state index contributed by atoms with van der Waals surface area (Å²) in [6.45, 7) is 4.43. The number of piperidine rings is 1. The van der Waals surface area contributed by atoms with Gasteiger partial charge in [-0.2, -0.15) is 0 Å². The molecular formula is C18H23N3O3S. The van der Waals surface area contributed by atoms with Crippen LogP contribution >= 0.6 is 0 Å². The lowest BCUT2D eigenvalue weighted by Crippen LogP contribution is -2.30. The number of rotatable bonds is 6. The Morgan fingerprint density at radius 1 is 1.08 bits per heavy atom. The Labute approximate surface area is 148 Å². The third-order valence-corrected chi connectivity index (χ3v) is 5.52. The molecule has 1 fully saturated rings. The van der Waals surface area contributed by atoms with Crippen LogP contribution in [0.1, 0.15) is 26.2 Å². The standard InChI is InChI=1S/C18H23N3O3S/c1-2-24-16-7-9-17(10-8-16)25(22,23)20-15-6-11-18(19-14-15)21-12-4-3-5-13-21/h6-11,14,20H,2-5,12-13H2,1H3. The molecule has 1 aromatic carbocycles. The van der Waals surface area contributed by atoms with Gasteiger partial charge in [0.2, 0.25) is 0 Å². The second-order valence-electron chi connectivity index (χ2n) is 5.96. The van der Waals surface area contributed by atoms with Gasteiger partial charge >= 0.3 is 0 Å². The highest BCUT2D eigenvalue weighted by molar-refractivity contribution is 7.92. The number of hydrogen-bond donors (Lipinski definition) is 1. The van der Waals surface area contributed by atoms with E-state index < -0.39 is 10.0 Å². The fourth-order valence-electron chi connectivity index (χ4n) is 2.85. The van der Waals surface area contributed by atoms with Crippen LogP contribution in [0.25, 0.3) is 0 Å². The number of nitrogens with one attached hydrogen (secondary N) is 1. The van der Waals surface area contributed by atoms with Crippen LogP contribution in [0, 0.1) is 0 Å². The molecule has 0 atom stereocenters. The fourth-order valence-corrected chi connectivity index (χ4v) is 3.90. The van der Waals surface area contributed by atoms with Crippen LogP contribution in [-0.2, 0) is 10.0 Å². The van der Waals surface area contributed by atoms with Gasteiger partial charge in [-0.3, -0.25) is 4.72 Å². The molecule has 0 radical (unpaired) electrons. The third-order valence-electron chi connectivity index (χ3n) is 4.13. The van der Waals surface area contributed by atoms with Crippen LogP contribution in [0.15, 0.2) is 47.5 Å². The van der Waals surface area contributed by atoms with Crippen LogP contribution in [0.2, 0.25) is 0 Å². The maximum atomic E-state index is 12.5. The Morgan fingerprint density at radius 3 is 2.40 bits per heavy atom. The van der Waals surface area contributed by atoms with Crippen molar-refractivity contribution in [3.63, 3.8) is 0 Å². The predicted molar refractivity (Wildman–Crippen MR) is 98.7 cm³/mol. The number of hydrogen-bond acceptors (Lipinski definition) is 5. The van der Waals surface area contributed by atoms with E-state index in [4.69, 9.17) is 4.74 Å². The molecule has 1 N–H and O–H groups in total. The molecule has 134 valence electrons. The van der Waals surface area contributed by atoms with Gasteiger partial charge in [-0.15, -0.1) is 0 Å². The Hall–Kier alpha value is -2.28. The molecule has 1 saturated heterocycles. The minimum Gasteiger partial charge on any atom is -0.494 e. The van der Waals surface area contributed by atoms with Gasteiger partial charge in [0.05, 0.1) is 23.4 Å². The highest BCUT2D eigenvalue weighted by Crippen LogP contribution is 2.22. The van der Waals surface area contributed by atoms with Gasteiger partial charge in [-0.05, 0) is 62.6 Å². The van der Waals surface area contributed by atoms with Crippen molar-refractivity contribution in [2.75, 3.05) is 29.3 Å². The minimum absolute atomic E-state index is 0.191. The monoisotopic (exact) mass is 361 g/mol. The van der Waals surface area contributed by atoms with Crippen LogP contribution in [0.5, 0.6) is 5.75 Å². The van der Waals surface area contributed by atoms with Crippen LogP contribution in [-0.4, -0.2) is 33.1 Å². The van der Waals surface area contributed by atoms with Crippen molar-refractivity contribution in [2.45, 2.75) is 31.1 Å². The van der Waals surface area contributed by atoms with Crippen LogP contribution in [0.4, 0.5) is 11.5 Å². The van der Waals surface area contributed by atoms with Crippen LogP contribution < -0.4 is 14.4 Å². The minimum atomic E-state index is -3.64. The Morgan fingerprint density at radius 2 is 1.80 bits per heavy atom. The highest BCUT2D eigenvalue weighted by Gasteiger charge is 2.16. The average Bonchev–Trinajstić information content (AvgIpc) is 2.63. The Bertz CT molecular complexity index is 783. The lowest BCUT2D eigenvalue weighted by molar-refractivity contribution is 0.340. The maximum absolute atomic E-state index is 12.5. The van der Waals surface area contributed by atoms with Gasteiger partial charge in [0.1, 0.15) is 11.6 Å². The van der Waals surface area contributed by atoms with E-state index in [0.717, 1.165) is 18.9 Å². The van der Waals surface area contributed by atoms with Crippen molar-refractivity contribution in [1.29, 1.82) is 0 Å². The number of nitrogens with zero attached hydrogens (tertiary/aromatic N) is 2. The number of anilines is 2.